The van der Waals surface area contributed by atoms with Gasteiger partial charge in [-0.25, -0.2) is 0 Å². The van der Waals surface area contributed by atoms with E-state index in [1.807, 2.05) is 13.0 Å². The standard InChI is InChI=1S/C18H31NO2/c1-12(2)18(6,13(3)4)17(21)19-11-16(20)15-9-7-8-14(5)10-15/h7,9-10,12-14,16,20H,8,11H2,1-6H3,(H,19,21)/t14?,16-/m1/s1. The topological polar surface area (TPSA) is 49.3 Å². The van der Waals surface area contributed by atoms with Gasteiger partial charge in [0.15, 0.2) is 0 Å². The highest BCUT2D eigenvalue weighted by atomic mass is 16.3. The van der Waals surface area contributed by atoms with Crippen molar-refractivity contribution in [2.75, 3.05) is 6.54 Å². The molecule has 0 bridgehead atoms. The molecule has 3 heteroatoms. The van der Waals surface area contributed by atoms with Crippen LogP contribution in [0.1, 0.15) is 48.0 Å². The Hall–Kier alpha value is -1.09. The average molecular weight is 293 g/mol. The third kappa shape index (κ3) is 4.19. The van der Waals surface area contributed by atoms with E-state index in [1.54, 1.807) is 0 Å². The lowest BCUT2D eigenvalue weighted by Gasteiger charge is -2.36. The molecule has 0 fully saturated rings. The fraction of sp³-hybridized carbons (Fsp3) is 0.722. The van der Waals surface area contributed by atoms with E-state index in [9.17, 15) is 9.90 Å². The second-order valence-electron chi connectivity index (χ2n) is 7.10. The Kier molecular flexibility index (Phi) is 6.21. The third-order valence-electron chi connectivity index (χ3n) is 5.02. The van der Waals surface area contributed by atoms with E-state index >= 15 is 0 Å². The summed E-state index contributed by atoms with van der Waals surface area (Å²) in [5.41, 5.74) is 0.494. The van der Waals surface area contributed by atoms with Crippen molar-refractivity contribution in [2.24, 2.45) is 23.2 Å². The van der Waals surface area contributed by atoms with Crippen LogP contribution >= 0.6 is 0 Å². The van der Waals surface area contributed by atoms with E-state index in [0.29, 0.717) is 5.92 Å². The number of carbonyl (C=O) groups excluding carboxylic acids is 1. The molecule has 2 atom stereocenters. The van der Waals surface area contributed by atoms with Crippen molar-refractivity contribution in [2.45, 2.75) is 54.1 Å². The van der Waals surface area contributed by atoms with Crippen molar-refractivity contribution in [3.63, 3.8) is 0 Å². The highest BCUT2D eigenvalue weighted by molar-refractivity contribution is 5.82. The van der Waals surface area contributed by atoms with Gasteiger partial charge in [-0.1, -0.05) is 59.8 Å². The molecule has 1 rings (SSSR count). The molecular weight excluding hydrogens is 262 g/mol. The summed E-state index contributed by atoms with van der Waals surface area (Å²) in [6, 6.07) is 0. The minimum atomic E-state index is -0.628. The first kappa shape index (κ1) is 18.0. The molecule has 0 radical (unpaired) electrons. The maximum Gasteiger partial charge on any atom is 0.226 e. The Morgan fingerprint density at radius 3 is 2.43 bits per heavy atom. The summed E-state index contributed by atoms with van der Waals surface area (Å²) in [5, 5.41) is 13.2. The van der Waals surface area contributed by atoms with E-state index in [4.69, 9.17) is 0 Å². The first-order valence-corrected chi connectivity index (χ1v) is 8.04. The number of carbonyl (C=O) groups is 1. The number of nitrogens with one attached hydrogen (secondary N) is 1. The van der Waals surface area contributed by atoms with E-state index in [-0.39, 0.29) is 24.3 Å². The van der Waals surface area contributed by atoms with Gasteiger partial charge in [0.2, 0.25) is 5.91 Å². The number of amides is 1. The Morgan fingerprint density at radius 1 is 1.38 bits per heavy atom. The molecule has 1 amide bonds. The first-order valence-electron chi connectivity index (χ1n) is 8.04. The van der Waals surface area contributed by atoms with Crippen LogP contribution in [0.15, 0.2) is 23.8 Å². The van der Waals surface area contributed by atoms with E-state index in [0.717, 1.165) is 12.0 Å². The van der Waals surface area contributed by atoms with E-state index in [2.05, 4.69) is 52.1 Å². The molecule has 21 heavy (non-hydrogen) atoms. The molecule has 0 aliphatic heterocycles. The van der Waals surface area contributed by atoms with E-state index in [1.165, 1.54) is 0 Å². The lowest BCUT2D eigenvalue weighted by Crippen LogP contribution is -2.48. The lowest BCUT2D eigenvalue weighted by molar-refractivity contribution is -0.135. The highest BCUT2D eigenvalue weighted by Gasteiger charge is 2.39. The fourth-order valence-electron chi connectivity index (χ4n) is 2.78. The summed E-state index contributed by atoms with van der Waals surface area (Å²) < 4.78 is 0. The molecule has 1 aliphatic carbocycles. The molecule has 1 aliphatic rings. The van der Waals surface area contributed by atoms with Gasteiger partial charge in [0.1, 0.15) is 0 Å². The maximum atomic E-state index is 12.5. The van der Waals surface area contributed by atoms with Crippen LogP contribution in [0.5, 0.6) is 0 Å². The van der Waals surface area contributed by atoms with E-state index < -0.39 is 11.5 Å². The summed E-state index contributed by atoms with van der Waals surface area (Å²) in [6.45, 7) is 12.7. The van der Waals surface area contributed by atoms with Crippen LogP contribution in [0.25, 0.3) is 0 Å². The Bertz CT molecular complexity index is 413. The normalized spacial score (nSPS) is 20.6. The van der Waals surface area contributed by atoms with Crippen LogP contribution in [0.2, 0.25) is 0 Å². The number of hydrogen-bond acceptors (Lipinski definition) is 2. The van der Waals surface area contributed by atoms with Gasteiger partial charge in [0, 0.05) is 6.54 Å². The Balaban J connectivity index is 2.66. The molecule has 1 unspecified atom stereocenters. The zero-order chi connectivity index (χ0) is 16.2. The minimum absolute atomic E-state index is 0.0278. The zero-order valence-corrected chi connectivity index (χ0v) is 14.3. The lowest BCUT2D eigenvalue weighted by atomic mass is 9.70. The van der Waals surface area contributed by atoms with Crippen LogP contribution in [-0.2, 0) is 4.79 Å². The summed E-state index contributed by atoms with van der Waals surface area (Å²) in [6.07, 6.45) is 6.51. The summed E-state index contributed by atoms with van der Waals surface area (Å²) in [4.78, 5) is 12.5. The Labute approximate surface area is 129 Å². The predicted octanol–water partition coefficient (Wildman–Crippen LogP) is 3.30. The van der Waals surface area contributed by atoms with Gasteiger partial charge in [-0.05, 0) is 29.7 Å². The summed E-state index contributed by atoms with van der Waals surface area (Å²) in [5.74, 6) is 0.985. The molecule has 0 aromatic rings. The van der Waals surface area contributed by atoms with Gasteiger partial charge in [-0.15, -0.1) is 0 Å². The smallest absolute Gasteiger partial charge is 0.226 e. The second-order valence-corrected chi connectivity index (χ2v) is 7.10. The molecule has 0 spiro atoms. The second kappa shape index (κ2) is 7.26. The Morgan fingerprint density at radius 2 is 1.95 bits per heavy atom. The maximum absolute atomic E-state index is 12.5. The molecule has 120 valence electrons. The van der Waals surface area contributed by atoms with Crippen molar-refractivity contribution in [1.29, 1.82) is 0 Å². The van der Waals surface area contributed by atoms with Gasteiger partial charge in [-0.3, -0.25) is 4.79 Å². The van der Waals surface area contributed by atoms with Crippen LogP contribution in [0.3, 0.4) is 0 Å². The van der Waals surface area contributed by atoms with Gasteiger partial charge in [0.05, 0.1) is 11.5 Å². The van der Waals surface area contributed by atoms with Gasteiger partial charge < -0.3 is 10.4 Å². The highest BCUT2D eigenvalue weighted by Crippen LogP contribution is 2.35. The van der Waals surface area contributed by atoms with Gasteiger partial charge in [0.25, 0.3) is 0 Å². The largest absolute Gasteiger partial charge is 0.387 e. The molecule has 2 N–H and O–H groups in total. The molecule has 3 nitrogen and oxygen atoms in total. The number of aliphatic hydroxyl groups is 1. The molecule has 0 heterocycles. The predicted molar refractivity (Wildman–Crippen MR) is 87.8 cm³/mol. The average Bonchev–Trinajstić information content (AvgIpc) is 2.42. The quantitative estimate of drug-likeness (QED) is 0.789. The van der Waals surface area contributed by atoms with Crippen molar-refractivity contribution >= 4 is 5.91 Å². The number of aliphatic hydroxyl groups excluding tert-OH is 1. The molecule has 0 saturated heterocycles. The summed E-state index contributed by atoms with van der Waals surface area (Å²) >= 11 is 0. The summed E-state index contributed by atoms with van der Waals surface area (Å²) in [7, 11) is 0. The van der Waals surface area contributed by atoms with Gasteiger partial charge >= 0.3 is 0 Å². The van der Waals surface area contributed by atoms with Crippen molar-refractivity contribution in [3.8, 4) is 0 Å². The minimum Gasteiger partial charge on any atom is -0.387 e. The molecule has 0 aromatic carbocycles. The number of allylic oxidation sites excluding steroid dienone is 2. The van der Waals surface area contributed by atoms with Crippen LogP contribution in [0, 0.1) is 23.2 Å². The van der Waals surface area contributed by atoms with Crippen molar-refractivity contribution in [1.82, 2.24) is 5.32 Å². The number of rotatable bonds is 6. The van der Waals surface area contributed by atoms with Crippen LogP contribution < -0.4 is 5.32 Å². The van der Waals surface area contributed by atoms with Crippen molar-refractivity contribution in [3.05, 3.63) is 23.8 Å². The number of hydrogen-bond donors (Lipinski definition) is 2. The monoisotopic (exact) mass is 293 g/mol. The molecule has 0 aromatic heterocycles. The molecule has 0 saturated carbocycles. The first-order chi connectivity index (χ1) is 9.69. The van der Waals surface area contributed by atoms with Gasteiger partial charge in [-0.2, -0.15) is 0 Å². The zero-order valence-electron chi connectivity index (χ0n) is 14.3. The molecular formula is C18H31NO2. The fourth-order valence-corrected chi connectivity index (χ4v) is 2.78. The third-order valence-corrected chi connectivity index (χ3v) is 5.02. The van der Waals surface area contributed by atoms with Crippen LogP contribution in [0.4, 0.5) is 0 Å². The van der Waals surface area contributed by atoms with Crippen LogP contribution in [-0.4, -0.2) is 23.7 Å². The SMILES string of the molecule is CC1C=C([C@H](O)CNC(=O)C(C)(C(C)C)C(C)C)C=CC1. The van der Waals surface area contributed by atoms with Crippen molar-refractivity contribution < 1.29 is 9.90 Å².